The lowest BCUT2D eigenvalue weighted by Gasteiger charge is -2.38. The van der Waals surface area contributed by atoms with Gasteiger partial charge in [-0.25, -0.2) is 0 Å². The highest BCUT2D eigenvalue weighted by molar-refractivity contribution is 5.02. The van der Waals surface area contributed by atoms with E-state index in [0.717, 1.165) is 19.6 Å². The van der Waals surface area contributed by atoms with Gasteiger partial charge in [0.25, 0.3) is 0 Å². The molecule has 2 heterocycles. The molecule has 3 nitrogen and oxygen atoms in total. The van der Waals surface area contributed by atoms with Crippen LogP contribution >= 0.6 is 0 Å². The van der Waals surface area contributed by atoms with E-state index in [1.165, 1.54) is 12.8 Å². The van der Waals surface area contributed by atoms with E-state index < -0.39 is 0 Å². The third kappa shape index (κ3) is 3.37. The Hall–Kier alpha value is -0.120. The normalized spacial score (nSPS) is 37.2. The second kappa shape index (κ2) is 5.94. The Balaban J connectivity index is 2.17. The Bertz CT molecular complexity index is 327. The maximum atomic E-state index is 6.32. The first kappa shape index (κ1) is 16.3. The molecule has 0 saturated carbocycles. The second-order valence-electron chi connectivity index (χ2n) is 7.78. The molecule has 2 rings (SSSR count). The van der Waals surface area contributed by atoms with Crippen LogP contribution in [0.5, 0.6) is 0 Å². The maximum absolute atomic E-state index is 6.32. The summed E-state index contributed by atoms with van der Waals surface area (Å²) in [7, 11) is 0. The van der Waals surface area contributed by atoms with E-state index in [2.05, 4.69) is 46.9 Å². The van der Waals surface area contributed by atoms with E-state index >= 15 is 0 Å². The standard InChI is InChI=1S/C17H33NO2/c1-7-9-18-15(13-8-10-19-12(13)2)14-11-16(3,4)20-17(14,5)6/h12-15,18H,7-11H2,1-6H3. The van der Waals surface area contributed by atoms with E-state index in [0.29, 0.717) is 24.0 Å². The van der Waals surface area contributed by atoms with E-state index in [1.807, 2.05) is 0 Å². The molecule has 0 bridgehead atoms. The van der Waals surface area contributed by atoms with Crippen molar-refractivity contribution in [3.05, 3.63) is 0 Å². The Kier molecular flexibility index (Phi) is 4.83. The summed E-state index contributed by atoms with van der Waals surface area (Å²) >= 11 is 0. The molecule has 0 amide bonds. The first-order valence-corrected chi connectivity index (χ1v) is 8.32. The molecule has 2 fully saturated rings. The molecule has 3 heteroatoms. The zero-order valence-corrected chi connectivity index (χ0v) is 14.2. The van der Waals surface area contributed by atoms with E-state index in [9.17, 15) is 0 Å². The number of hydrogen-bond acceptors (Lipinski definition) is 3. The molecule has 20 heavy (non-hydrogen) atoms. The van der Waals surface area contributed by atoms with Gasteiger partial charge in [0, 0.05) is 24.5 Å². The summed E-state index contributed by atoms with van der Waals surface area (Å²) in [6.45, 7) is 15.4. The highest BCUT2D eigenvalue weighted by Gasteiger charge is 2.51. The van der Waals surface area contributed by atoms with Gasteiger partial charge in [-0.1, -0.05) is 6.92 Å². The average molecular weight is 283 g/mol. The average Bonchev–Trinajstić information content (AvgIpc) is 2.81. The van der Waals surface area contributed by atoms with E-state index in [-0.39, 0.29) is 11.2 Å². The molecule has 4 atom stereocenters. The summed E-state index contributed by atoms with van der Waals surface area (Å²) in [5.41, 5.74) is -0.0692. The van der Waals surface area contributed by atoms with Crippen LogP contribution in [-0.2, 0) is 9.47 Å². The minimum absolute atomic E-state index is 0.0109. The Morgan fingerprint density at radius 2 is 1.95 bits per heavy atom. The van der Waals surface area contributed by atoms with Crippen LogP contribution in [-0.4, -0.2) is 36.5 Å². The molecular formula is C17H33NO2. The van der Waals surface area contributed by atoms with Gasteiger partial charge in [0.15, 0.2) is 0 Å². The molecule has 4 unspecified atom stereocenters. The molecular weight excluding hydrogens is 250 g/mol. The van der Waals surface area contributed by atoms with Gasteiger partial charge in [0.1, 0.15) is 0 Å². The lowest BCUT2D eigenvalue weighted by Crippen LogP contribution is -2.50. The minimum atomic E-state index is -0.0583. The second-order valence-corrected chi connectivity index (χ2v) is 7.78. The zero-order valence-electron chi connectivity index (χ0n) is 14.2. The Morgan fingerprint density at radius 3 is 2.40 bits per heavy atom. The van der Waals surface area contributed by atoms with Gasteiger partial charge >= 0.3 is 0 Å². The maximum Gasteiger partial charge on any atom is 0.0677 e. The van der Waals surface area contributed by atoms with Crippen LogP contribution in [0.15, 0.2) is 0 Å². The monoisotopic (exact) mass is 283 g/mol. The molecule has 2 aliphatic heterocycles. The fraction of sp³-hybridized carbons (Fsp3) is 1.00. The largest absolute Gasteiger partial charge is 0.378 e. The summed E-state index contributed by atoms with van der Waals surface area (Å²) < 4.78 is 12.1. The quantitative estimate of drug-likeness (QED) is 0.839. The van der Waals surface area contributed by atoms with Crippen molar-refractivity contribution in [2.24, 2.45) is 11.8 Å². The molecule has 0 aromatic heterocycles. The SMILES string of the molecule is CCCNC(C1CCOC1C)C1CC(C)(C)OC1(C)C. The van der Waals surface area contributed by atoms with Crippen LogP contribution in [0.25, 0.3) is 0 Å². The number of ether oxygens (including phenoxy) is 2. The summed E-state index contributed by atoms with van der Waals surface area (Å²) in [5, 5.41) is 3.82. The van der Waals surface area contributed by atoms with Crippen LogP contribution in [0, 0.1) is 11.8 Å². The molecule has 2 aliphatic rings. The first-order chi connectivity index (χ1) is 9.27. The zero-order chi connectivity index (χ0) is 15.0. The lowest BCUT2D eigenvalue weighted by molar-refractivity contribution is -0.0805. The first-order valence-electron chi connectivity index (χ1n) is 8.32. The summed E-state index contributed by atoms with van der Waals surface area (Å²) in [5.74, 6) is 1.17. The number of nitrogens with one attached hydrogen (secondary N) is 1. The van der Waals surface area contributed by atoms with Crippen LogP contribution < -0.4 is 5.32 Å². The van der Waals surface area contributed by atoms with Crippen molar-refractivity contribution in [3.63, 3.8) is 0 Å². The van der Waals surface area contributed by atoms with Gasteiger partial charge in [-0.05, 0) is 60.4 Å². The molecule has 0 aliphatic carbocycles. The Labute approximate surface area is 124 Å². The summed E-state index contributed by atoms with van der Waals surface area (Å²) in [6.07, 6.45) is 3.85. The fourth-order valence-electron chi connectivity index (χ4n) is 4.29. The Morgan fingerprint density at radius 1 is 1.25 bits per heavy atom. The molecule has 118 valence electrons. The molecule has 2 saturated heterocycles. The number of hydrogen-bond donors (Lipinski definition) is 1. The minimum Gasteiger partial charge on any atom is -0.378 e. The van der Waals surface area contributed by atoms with Gasteiger partial charge < -0.3 is 14.8 Å². The summed E-state index contributed by atoms with van der Waals surface area (Å²) in [4.78, 5) is 0. The van der Waals surface area contributed by atoms with Crippen molar-refractivity contribution in [1.29, 1.82) is 0 Å². The van der Waals surface area contributed by atoms with Crippen molar-refractivity contribution >= 4 is 0 Å². The van der Waals surface area contributed by atoms with Gasteiger partial charge in [-0.2, -0.15) is 0 Å². The highest BCUT2D eigenvalue weighted by atomic mass is 16.5. The molecule has 0 aromatic rings. The van der Waals surface area contributed by atoms with Crippen molar-refractivity contribution < 1.29 is 9.47 Å². The smallest absolute Gasteiger partial charge is 0.0677 e. The van der Waals surface area contributed by atoms with Crippen LogP contribution in [0.4, 0.5) is 0 Å². The van der Waals surface area contributed by atoms with E-state index in [4.69, 9.17) is 9.47 Å². The van der Waals surface area contributed by atoms with Crippen LogP contribution in [0.3, 0.4) is 0 Å². The van der Waals surface area contributed by atoms with Crippen molar-refractivity contribution in [2.75, 3.05) is 13.2 Å². The predicted octanol–water partition coefficient (Wildman–Crippen LogP) is 3.37. The van der Waals surface area contributed by atoms with Crippen LogP contribution in [0.1, 0.15) is 60.8 Å². The third-order valence-electron chi connectivity index (χ3n) is 5.10. The fourth-order valence-corrected chi connectivity index (χ4v) is 4.29. The topological polar surface area (TPSA) is 30.5 Å². The van der Waals surface area contributed by atoms with E-state index in [1.54, 1.807) is 0 Å². The van der Waals surface area contributed by atoms with Crippen molar-refractivity contribution in [3.8, 4) is 0 Å². The van der Waals surface area contributed by atoms with Gasteiger partial charge in [-0.3, -0.25) is 0 Å². The molecule has 0 aromatic carbocycles. The molecule has 0 spiro atoms. The van der Waals surface area contributed by atoms with Gasteiger partial charge in [0.05, 0.1) is 17.3 Å². The molecule has 1 N–H and O–H groups in total. The molecule has 0 radical (unpaired) electrons. The highest BCUT2D eigenvalue weighted by Crippen LogP contribution is 2.46. The predicted molar refractivity (Wildman–Crippen MR) is 83.0 cm³/mol. The summed E-state index contributed by atoms with van der Waals surface area (Å²) in [6, 6.07) is 0.504. The van der Waals surface area contributed by atoms with Gasteiger partial charge in [-0.15, -0.1) is 0 Å². The number of rotatable bonds is 5. The van der Waals surface area contributed by atoms with Gasteiger partial charge in [0.2, 0.25) is 0 Å². The van der Waals surface area contributed by atoms with Crippen molar-refractivity contribution in [2.45, 2.75) is 84.2 Å². The lowest BCUT2D eigenvalue weighted by atomic mass is 9.74. The van der Waals surface area contributed by atoms with Crippen LogP contribution in [0.2, 0.25) is 0 Å². The third-order valence-corrected chi connectivity index (χ3v) is 5.10. The van der Waals surface area contributed by atoms with Crippen molar-refractivity contribution in [1.82, 2.24) is 5.32 Å².